The summed E-state index contributed by atoms with van der Waals surface area (Å²) < 4.78 is 25.7. The first-order valence-corrected chi connectivity index (χ1v) is 3.97. The van der Waals surface area contributed by atoms with Crippen LogP contribution in [0.15, 0.2) is 12.1 Å². The van der Waals surface area contributed by atoms with Crippen LogP contribution in [-0.2, 0) is 0 Å². The predicted molar refractivity (Wildman–Crippen MR) is 45.4 cm³/mol. The number of benzene rings is 1. The molecule has 0 aromatic heterocycles. The van der Waals surface area contributed by atoms with Crippen LogP contribution in [0, 0.1) is 11.6 Å². The molecule has 0 amide bonds. The van der Waals surface area contributed by atoms with E-state index in [4.69, 9.17) is 17.3 Å². The molecule has 0 aliphatic rings. The van der Waals surface area contributed by atoms with Gasteiger partial charge >= 0.3 is 0 Å². The Labute approximate surface area is 78.9 Å². The minimum absolute atomic E-state index is 0.0307. The van der Waals surface area contributed by atoms with Crippen LogP contribution in [0.25, 0.3) is 0 Å². The van der Waals surface area contributed by atoms with Gasteiger partial charge < -0.3 is 10.8 Å². The lowest BCUT2D eigenvalue weighted by atomic mass is 10.1. The maximum absolute atomic E-state index is 13.0. The molecule has 2 nitrogen and oxygen atoms in total. The summed E-state index contributed by atoms with van der Waals surface area (Å²) in [6, 6.07) is 2.07. The van der Waals surface area contributed by atoms with E-state index in [1.54, 1.807) is 0 Å². The van der Waals surface area contributed by atoms with Gasteiger partial charge in [-0.1, -0.05) is 11.6 Å². The standard InChI is InChI=1S/C8H8ClF2NO/c9-4-1-2-5(10)8(11)7(4)6(13)3-12/h1-2,6,13H,3,12H2. The van der Waals surface area contributed by atoms with Crippen LogP contribution in [0.1, 0.15) is 11.7 Å². The molecule has 1 rings (SSSR count). The molecular weight excluding hydrogens is 200 g/mol. The molecule has 0 bridgehead atoms. The first-order chi connectivity index (χ1) is 6.07. The van der Waals surface area contributed by atoms with Gasteiger partial charge in [0, 0.05) is 17.1 Å². The summed E-state index contributed by atoms with van der Waals surface area (Å²) in [7, 11) is 0. The molecule has 1 aromatic carbocycles. The minimum Gasteiger partial charge on any atom is -0.387 e. The van der Waals surface area contributed by atoms with E-state index in [0.717, 1.165) is 6.07 Å². The van der Waals surface area contributed by atoms with E-state index in [0.29, 0.717) is 0 Å². The van der Waals surface area contributed by atoms with Crippen molar-refractivity contribution in [3.8, 4) is 0 Å². The Kier molecular flexibility index (Phi) is 3.19. The zero-order chi connectivity index (χ0) is 10.0. The van der Waals surface area contributed by atoms with E-state index in [2.05, 4.69) is 0 Å². The van der Waals surface area contributed by atoms with Gasteiger partial charge in [-0.25, -0.2) is 8.78 Å². The Morgan fingerprint density at radius 2 is 2.08 bits per heavy atom. The van der Waals surface area contributed by atoms with Gasteiger partial charge in [0.05, 0.1) is 6.10 Å². The Morgan fingerprint density at radius 3 is 2.62 bits per heavy atom. The molecule has 0 aliphatic heterocycles. The lowest BCUT2D eigenvalue weighted by Crippen LogP contribution is -2.14. The van der Waals surface area contributed by atoms with Gasteiger partial charge in [-0.15, -0.1) is 0 Å². The fraction of sp³-hybridized carbons (Fsp3) is 0.250. The molecule has 3 N–H and O–H groups in total. The first-order valence-electron chi connectivity index (χ1n) is 3.59. The summed E-state index contributed by atoms with van der Waals surface area (Å²) >= 11 is 5.55. The van der Waals surface area contributed by atoms with Crippen LogP contribution in [0.3, 0.4) is 0 Å². The molecule has 13 heavy (non-hydrogen) atoms. The van der Waals surface area contributed by atoms with Crippen LogP contribution >= 0.6 is 11.6 Å². The van der Waals surface area contributed by atoms with E-state index >= 15 is 0 Å². The number of nitrogens with two attached hydrogens (primary N) is 1. The van der Waals surface area contributed by atoms with Crippen molar-refractivity contribution in [2.75, 3.05) is 6.54 Å². The second-order valence-electron chi connectivity index (χ2n) is 2.51. The number of hydrogen-bond donors (Lipinski definition) is 2. The van der Waals surface area contributed by atoms with Crippen molar-refractivity contribution in [2.45, 2.75) is 6.10 Å². The lowest BCUT2D eigenvalue weighted by Gasteiger charge is -2.11. The molecule has 5 heteroatoms. The smallest absolute Gasteiger partial charge is 0.166 e. The molecule has 0 saturated heterocycles. The fourth-order valence-corrected chi connectivity index (χ4v) is 1.24. The summed E-state index contributed by atoms with van der Waals surface area (Å²) in [6.07, 6.45) is -1.27. The fourth-order valence-electron chi connectivity index (χ4n) is 0.966. The SMILES string of the molecule is NCC(O)c1c(Cl)ccc(F)c1F. The van der Waals surface area contributed by atoms with Crippen LogP contribution < -0.4 is 5.73 Å². The van der Waals surface area contributed by atoms with Gasteiger partial charge in [-0.05, 0) is 12.1 Å². The highest BCUT2D eigenvalue weighted by atomic mass is 35.5. The van der Waals surface area contributed by atoms with Crippen molar-refractivity contribution < 1.29 is 13.9 Å². The third-order valence-corrected chi connectivity index (χ3v) is 1.97. The number of aliphatic hydroxyl groups is 1. The molecule has 0 saturated carbocycles. The van der Waals surface area contributed by atoms with Gasteiger partial charge in [0.2, 0.25) is 0 Å². The maximum atomic E-state index is 13.0. The summed E-state index contributed by atoms with van der Waals surface area (Å²) in [5, 5.41) is 9.17. The molecule has 1 atom stereocenters. The number of hydrogen-bond acceptors (Lipinski definition) is 2. The summed E-state index contributed by atoms with van der Waals surface area (Å²) in [5.74, 6) is -2.20. The van der Waals surface area contributed by atoms with E-state index < -0.39 is 17.7 Å². The molecule has 0 heterocycles. The van der Waals surface area contributed by atoms with Crippen molar-refractivity contribution >= 4 is 11.6 Å². The molecule has 0 fully saturated rings. The summed E-state index contributed by atoms with van der Waals surface area (Å²) in [5.41, 5.74) is 4.81. The molecule has 0 radical (unpaired) electrons. The normalized spacial score (nSPS) is 13.0. The minimum atomic E-state index is -1.27. The summed E-state index contributed by atoms with van der Waals surface area (Å²) in [6.45, 7) is -0.208. The second-order valence-corrected chi connectivity index (χ2v) is 2.92. The van der Waals surface area contributed by atoms with Gasteiger partial charge in [0.15, 0.2) is 11.6 Å². The van der Waals surface area contributed by atoms with E-state index in [9.17, 15) is 13.9 Å². The Balaban J connectivity index is 3.25. The highest BCUT2D eigenvalue weighted by molar-refractivity contribution is 6.31. The van der Waals surface area contributed by atoms with Crippen molar-refractivity contribution in [1.29, 1.82) is 0 Å². The number of rotatable bonds is 2. The second kappa shape index (κ2) is 4.00. The predicted octanol–water partition coefficient (Wildman–Crippen LogP) is 1.61. The Hall–Kier alpha value is -0.710. The van der Waals surface area contributed by atoms with Crippen LogP contribution in [0.4, 0.5) is 8.78 Å². The molecule has 0 spiro atoms. The molecular formula is C8H8ClF2NO. The zero-order valence-corrected chi connectivity index (χ0v) is 7.35. The third-order valence-electron chi connectivity index (χ3n) is 1.64. The van der Waals surface area contributed by atoms with Crippen LogP contribution in [-0.4, -0.2) is 11.7 Å². The van der Waals surface area contributed by atoms with Gasteiger partial charge in [0.1, 0.15) is 0 Å². The zero-order valence-electron chi connectivity index (χ0n) is 6.60. The first kappa shape index (κ1) is 10.4. The van der Waals surface area contributed by atoms with Crippen molar-refractivity contribution in [3.63, 3.8) is 0 Å². The molecule has 0 aliphatic carbocycles. The molecule has 1 unspecified atom stereocenters. The number of halogens is 3. The average Bonchev–Trinajstić information content (AvgIpc) is 2.12. The van der Waals surface area contributed by atoms with Crippen LogP contribution in [0.5, 0.6) is 0 Å². The Morgan fingerprint density at radius 1 is 1.46 bits per heavy atom. The Bertz CT molecular complexity index is 319. The van der Waals surface area contributed by atoms with Crippen molar-refractivity contribution in [3.05, 3.63) is 34.4 Å². The van der Waals surface area contributed by atoms with Gasteiger partial charge in [-0.2, -0.15) is 0 Å². The molecule has 72 valence electrons. The number of aliphatic hydroxyl groups excluding tert-OH is 1. The van der Waals surface area contributed by atoms with Gasteiger partial charge in [-0.3, -0.25) is 0 Å². The highest BCUT2D eigenvalue weighted by Gasteiger charge is 2.18. The summed E-state index contributed by atoms with van der Waals surface area (Å²) in [4.78, 5) is 0. The largest absolute Gasteiger partial charge is 0.387 e. The monoisotopic (exact) mass is 207 g/mol. The topological polar surface area (TPSA) is 46.2 Å². The lowest BCUT2D eigenvalue weighted by molar-refractivity contribution is 0.180. The van der Waals surface area contributed by atoms with E-state index in [1.165, 1.54) is 6.07 Å². The molecule has 1 aromatic rings. The quantitative estimate of drug-likeness (QED) is 0.724. The van der Waals surface area contributed by atoms with Gasteiger partial charge in [0.25, 0.3) is 0 Å². The third kappa shape index (κ3) is 1.96. The maximum Gasteiger partial charge on any atom is 0.166 e. The average molecular weight is 208 g/mol. The van der Waals surface area contributed by atoms with Crippen LogP contribution in [0.2, 0.25) is 5.02 Å². The van der Waals surface area contributed by atoms with E-state index in [-0.39, 0.29) is 17.1 Å². The van der Waals surface area contributed by atoms with Crippen molar-refractivity contribution in [2.24, 2.45) is 5.73 Å². The van der Waals surface area contributed by atoms with Crippen molar-refractivity contribution in [1.82, 2.24) is 0 Å². The highest BCUT2D eigenvalue weighted by Crippen LogP contribution is 2.26. The van der Waals surface area contributed by atoms with E-state index in [1.807, 2.05) is 0 Å².